The van der Waals surface area contributed by atoms with Gasteiger partial charge in [-0.25, -0.2) is 9.50 Å². The Hall–Kier alpha value is -2.25. The van der Waals surface area contributed by atoms with Crippen molar-refractivity contribution < 1.29 is 0 Å². The minimum absolute atomic E-state index is 0.0515. The average Bonchev–Trinajstić information content (AvgIpc) is 3.11. The summed E-state index contributed by atoms with van der Waals surface area (Å²) in [5, 5.41) is 4.31. The highest BCUT2D eigenvalue weighted by molar-refractivity contribution is 5.53. The van der Waals surface area contributed by atoms with E-state index in [0.717, 1.165) is 23.4 Å². The number of imidazole rings is 1. The molecule has 0 saturated carbocycles. The number of nitrogens with two attached hydrogens (primary N) is 1. The smallest absolute Gasteiger partial charge is 0.110 e. The summed E-state index contributed by atoms with van der Waals surface area (Å²) in [6, 6.07) is -0.0515. The van der Waals surface area contributed by atoms with E-state index in [2.05, 4.69) is 32.0 Å². The maximum absolute atomic E-state index is 5.72. The number of aryl methyl sites for hydroxylation is 1. The van der Waals surface area contributed by atoms with E-state index in [1.54, 1.807) is 16.9 Å². The van der Waals surface area contributed by atoms with Crippen LogP contribution in [-0.4, -0.2) is 24.1 Å². The predicted octanol–water partition coefficient (Wildman–Crippen LogP) is 0.693. The van der Waals surface area contributed by atoms with E-state index in [1.807, 2.05) is 24.8 Å². The summed E-state index contributed by atoms with van der Waals surface area (Å²) in [5.41, 5.74) is 4.82. The third-order valence-corrected chi connectivity index (χ3v) is 3.46. The standard InChI is InChI=1S/C13H17N7/c1-2-19-5-4-16-13(19)7-11(18-14)10-8-17-20-6-3-15-9-12(10)20/h3-6,8-9,11,18H,2,7,14H2,1H3. The molecule has 3 aromatic heterocycles. The molecule has 20 heavy (non-hydrogen) atoms. The van der Waals surface area contributed by atoms with Crippen LogP contribution in [0.1, 0.15) is 24.4 Å². The van der Waals surface area contributed by atoms with Crippen LogP contribution in [0.4, 0.5) is 0 Å². The summed E-state index contributed by atoms with van der Waals surface area (Å²) >= 11 is 0. The molecule has 0 fully saturated rings. The van der Waals surface area contributed by atoms with E-state index in [0.29, 0.717) is 6.42 Å². The van der Waals surface area contributed by atoms with Crippen LogP contribution >= 0.6 is 0 Å². The third-order valence-electron chi connectivity index (χ3n) is 3.46. The molecule has 0 bridgehead atoms. The van der Waals surface area contributed by atoms with E-state index >= 15 is 0 Å². The maximum Gasteiger partial charge on any atom is 0.110 e. The minimum atomic E-state index is -0.0515. The molecule has 104 valence electrons. The van der Waals surface area contributed by atoms with Gasteiger partial charge < -0.3 is 4.57 Å². The van der Waals surface area contributed by atoms with Crippen molar-refractivity contribution in [1.82, 2.24) is 29.6 Å². The van der Waals surface area contributed by atoms with Gasteiger partial charge in [0.25, 0.3) is 0 Å². The molecular formula is C13H17N7. The molecule has 3 aromatic rings. The van der Waals surface area contributed by atoms with Crippen LogP contribution in [0, 0.1) is 0 Å². The fraction of sp³-hybridized carbons (Fsp3) is 0.308. The van der Waals surface area contributed by atoms with Gasteiger partial charge in [-0.3, -0.25) is 16.3 Å². The number of rotatable bonds is 5. The first-order valence-electron chi connectivity index (χ1n) is 6.57. The Morgan fingerprint density at radius 2 is 2.20 bits per heavy atom. The van der Waals surface area contributed by atoms with Crippen molar-refractivity contribution in [2.24, 2.45) is 5.84 Å². The van der Waals surface area contributed by atoms with Gasteiger partial charge in [-0.2, -0.15) is 5.10 Å². The van der Waals surface area contributed by atoms with Gasteiger partial charge in [0, 0.05) is 43.3 Å². The van der Waals surface area contributed by atoms with Crippen molar-refractivity contribution in [1.29, 1.82) is 0 Å². The second-order valence-corrected chi connectivity index (χ2v) is 4.56. The largest absolute Gasteiger partial charge is 0.335 e. The lowest BCUT2D eigenvalue weighted by molar-refractivity contribution is 0.526. The lowest BCUT2D eigenvalue weighted by Gasteiger charge is -2.15. The van der Waals surface area contributed by atoms with Crippen molar-refractivity contribution >= 4 is 5.52 Å². The quantitative estimate of drug-likeness (QED) is 0.527. The normalized spacial score (nSPS) is 12.9. The molecule has 0 aromatic carbocycles. The second kappa shape index (κ2) is 5.40. The van der Waals surface area contributed by atoms with Gasteiger partial charge >= 0.3 is 0 Å². The molecule has 0 aliphatic rings. The van der Waals surface area contributed by atoms with E-state index < -0.39 is 0 Å². The van der Waals surface area contributed by atoms with E-state index in [4.69, 9.17) is 5.84 Å². The molecule has 3 N–H and O–H groups in total. The Balaban J connectivity index is 1.94. The fourth-order valence-electron chi connectivity index (χ4n) is 2.38. The molecular weight excluding hydrogens is 254 g/mol. The summed E-state index contributed by atoms with van der Waals surface area (Å²) in [6.07, 6.45) is 11.6. The number of nitrogens with one attached hydrogen (secondary N) is 1. The van der Waals surface area contributed by atoms with Crippen LogP contribution in [-0.2, 0) is 13.0 Å². The van der Waals surface area contributed by atoms with Gasteiger partial charge in [-0.15, -0.1) is 0 Å². The van der Waals surface area contributed by atoms with E-state index in [-0.39, 0.29) is 6.04 Å². The Labute approximate surface area is 116 Å². The average molecular weight is 271 g/mol. The van der Waals surface area contributed by atoms with Gasteiger partial charge in [-0.1, -0.05) is 0 Å². The Morgan fingerprint density at radius 1 is 1.30 bits per heavy atom. The fourth-order valence-corrected chi connectivity index (χ4v) is 2.38. The van der Waals surface area contributed by atoms with E-state index in [9.17, 15) is 0 Å². The molecule has 0 saturated heterocycles. The molecule has 1 unspecified atom stereocenters. The Bertz CT molecular complexity index is 699. The van der Waals surface area contributed by atoms with Crippen molar-refractivity contribution in [3.8, 4) is 0 Å². The number of hydrogen-bond acceptors (Lipinski definition) is 5. The summed E-state index contributed by atoms with van der Waals surface area (Å²) in [5.74, 6) is 6.72. The zero-order chi connectivity index (χ0) is 13.9. The van der Waals surface area contributed by atoms with Gasteiger partial charge in [0.2, 0.25) is 0 Å². The lowest BCUT2D eigenvalue weighted by atomic mass is 10.1. The molecule has 0 aliphatic heterocycles. The highest BCUT2D eigenvalue weighted by atomic mass is 15.3. The van der Waals surface area contributed by atoms with Gasteiger partial charge in [0.1, 0.15) is 5.82 Å². The molecule has 1 atom stereocenters. The molecule has 0 amide bonds. The number of aromatic nitrogens is 5. The monoisotopic (exact) mass is 271 g/mol. The van der Waals surface area contributed by atoms with Crippen LogP contribution in [0.2, 0.25) is 0 Å². The van der Waals surface area contributed by atoms with Crippen LogP contribution < -0.4 is 11.3 Å². The Morgan fingerprint density at radius 3 is 3.00 bits per heavy atom. The highest BCUT2D eigenvalue weighted by Crippen LogP contribution is 2.21. The molecule has 7 nitrogen and oxygen atoms in total. The van der Waals surface area contributed by atoms with Crippen molar-refractivity contribution in [2.45, 2.75) is 25.9 Å². The first-order chi connectivity index (χ1) is 9.83. The molecule has 0 spiro atoms. The molecule has 7 heteroatoms. The zero-order valence-electron chi connectivity index (χ0n) is 11.3. The number of hydrazine groups is 1. The first-order valence-corrected chi connectivity index (χ1v) is 6.57. The summed E-state index contributed by atoms with van der Waals surface area (Å²) in [7, 11) is 0. The van der Waals surface area contributed by atoms with Crippen molar-refractivity contribution in [3.05, 3.63) is 48.6 Å². The van der Waals surface area contributed by atoms with Gasteiger partial charge in [0.05, 0.1) is 24.0 Å². The van der Waals surface area contributed by atoms with Gasteiger partial charge in [-0.05, 0) is 6.92 Å². The molecule has 0 aliphatic carbocycles. The number of nitrogens with zero attached hydrogens (tertiary/aromatic N) is 5. The second-order valence-electron chi connectivity index (χ2n) is 4.56. The lowest BCUT2D eigenvalue weighted by Crippen LogP contribution is -2.30. The van der Waals surface area contributed by atoms with Crippen molar-refractivity contribution in [3.63, 3.8) is 0 Å². The van der Waals surface area contributed by atoms with Crippen LogP contribution in [0.25, 0.3) is 5.52 Å². The molecule has 0 radical (unpaired) electrons. The van der Waals surface area contributed by atoms with Crippen molar-refractivity contribution in [2.75, 3.05) is 0 Å². The Kier molecular flexibility index (Phi) is 3.44. The van der Waals surface area contributed by atoms with Crippen LogP contribution in [0.3, 0.4) is 0 Å². The third kappa shape index (κ3) is 2.17. The number of fused-ring (bicyclic) bond motifs is 1. The first kappa shape index (κ1) is 12.8. The zero-order valence-corrected chi connectivity index (χ0v) is 11.3. The van der Waals surface area contributed by atoms with Crippen LogP contribution in [0.15, 0.2) is 37.2 Å². The topological polar surface area (TPSA) is 86.1 Å². The maximum atomic E-state index is 5.72. The molecule has 3 rings (SSSR count). The SMILES string of the molecule is CCn1ccnc1CC(NN)c1cnn2ccncc12. The number of hydrogen-bond donors (Lipinski definition) is 2. The van der Waals surface area contributed by atoms with E-state index in [1.165, 1.54) is 0 Å². The summed E-state index contributed by atoms with van der Waals surface area (Å²) in [6.45, 7) is 2.98. The predicted molar refractivity (Wildman–Crippen MR) is 74.7 cm³/mol. The highest BCUT2D eigenvalue weighted by Gasteiger charge is 2.18. The van der Waals surface area contributed by atoms with Gasteiger partial charge in [0.15, 0.2) is 0 Å². The summed E-state index contributed by atoms with van der Waals surface area (Å²) in [4.78, 5) is 8.53. The van der Waals surface area contributed by atoms with Crippen LogP contribution in [0.5, 0.6) is 0 Å². The molecule has 3 heterocycles. The summed E-state index contributed by atoms with van der Waals surface area (Å²) < 4.78 is 3.90. The minimum Gasteiger partial charge on any atom is -0.335 e.